The van der Waals surface area contributed by atoms with Crippen LogP contribution in [0.5, 0.6) is 0 Å². The summed E-state index contributed by atoms with van der Waals surface area (Å²) in [6, 6.07) is 2.12. The minimum Gasteiger partial charge on any atom is -0.333 e. The van der Waals surface area contributed by atoms with E-state index in [1.807, 2.05) is 11.9 Å². The maximum absolute atomic E-state index is 12.2. The Morgan fingerprint density at radius 1 is 1.69 bits per heavy atom. The van der Waals surface area contributed by atoms with Gasteiger partial charge in [-0.3, -0.25) is 9.48 Å². The summed E-state index contributed by atoms with van der Waals surface area (Å²) >= 11 is 5.74. The van der Waals surface area contributed by atoms with Gasteiger partial charge in [0.1, 0.15) is 5.69 Å². The molecule has 1 aromatic heterocycles. The van der Waals surface area contributed by atoms with Crippen molar-refractivity contribution >= 4 is 17.5 Å². The van der Waals surface area contributed by atoms with E-state index in [9.17, 15) is 4.79 Å². The summed E-state index contributed by atoms with van der Waals surface area (Å²) in [5.41, 5.74) is 0.513. The lowest BCUT2D eigenvalue weighted by Gasteiger charge is -2.36. The fourth-order valence-electron chi connectivity index (χ4n) is 1.92. The molecule has 0 bridgehead atoms. The van der Waals surface area contributed by atoms with E-state index in [0.717, 1.165) is 12.8 Å². The van der Waals surface area contributed by atoms with Gasteiger partial charge in [0, 0.05) is 31.7 Å². The van der Waals surface area contributed by atoms with Crippen LogP contribution in [0.2, 0.25) is 0 Å². The zero-order valence-electron chi connectivity index (χ0n) is 9.40. The second-order valence-corrected chi connectivity index (χ2v) is 4.52. The van der Waals surface area contributed by atoms with Gasteiger partial charge in [-0.15, -0.1) is 11.6 Å². The van der Waals surface area contributed by atoms with Crippen molar-refractivity contribution in [3.63, 3.8) is 0 Å². The maximum atomic E-state index is 12.2. The minimum absolute atomic E-state index is 0.00551. The lowest BCUT2D eigenvalue weighted by molar-refractivity contribution is 0.0591. The molecule has 1 aliphatic rings. The number of hydrogen-bond donors (Lipinski definition) is 0. The Kier molecular flexibility index (Phi) is 3.49. The number of aryl methyl sites for hydroxylation is 1. The molecule has 2 rings (SSSR count). The highest BCUT2D eigenvalue weighted by atomic mass is 35.5. The molecule has 0 saturated heterocycles. The highest BCUT2D eigenvalue weighted by molar-refractivity contribution is 6.18. The number of aromatic nitrogens is 2. The van der Waals surface area contributed by atoms with Crippen LogP contribution in [0.15, 0.2) is 12.3 Å². The fraction of sp³-hybridized carbons (Fsp3) is 0.636. The van der Waals surface area contributed by atoms with Crippen molar-refractivity contribution in [3.05, 3.63) is 18.0 Å². The number of amides is 1. The summed E-state index contributed by atoms with van der Waals surface area (Å²) < 4.78 is 1.65. The van der Waals surface area contributed by atoms with Gasteiger partial charge in [0.05, 0.1) is 0 Å². The molecule has 4 nitrogen and oxygen atoms in total. The SMILES string of the molecule is Cn1ccc(C(=O)N(CCCl)C2CCC2)n1. The number of alkyl halides is 1. The molecule has 0 radical (unpaired) electrons. The van der Waals surface area contributed by atoms with Gasteiger partial charge in [0.15, 0.2) is 0 Å². The summed E-state index contributed by atoms with van der Waals surface area (Å²) in [4.78, 5) is 14.0. The van der Waals surface area contributed by atoms with Gasteiger partial charge < -0.3 is 4.90 Å². The van der Waals surface area contributed by atoms with E-state index in [-0.39, 0.29) is 5.91 Å². The first-order valence-electron chi connectivity index (χ1n) is 5.59. The molecular formula is C11H16ClN3O. The normalized spacial score (nSPS) is 15.9. The van der Waals surface area contributed by atoms with Crippen molar-refractivity contribution in [1.29, 1.82) is 0 Å². The quantitative estimate of drug-likeness (QED) is 0.752. The second-order valence-electron chi connectivity index (χ2n) is 4.15. The molecule has 1 amide bonds. The van der Waals surface area contributed by atoms with Crippen molar-refractivity contribution in [2.24, 2.45) is 7.05 Å². The van der Waals surface area contributed by atoms with Gasteiger partial charge in [-0.1, -0.05) is 0 Å². The number of nitrogens with zero attached hydrogens (tertiary/aromatic N) is 3. The number of hydrogen-bond acceptors (Lipinski definition) is 2. The predicted octanol–water partition coefficient (Wildman–Crippen LogP) is 1.65. The lowest BCUT2D eigenvalue weighted by Crippen LogP contribution is -2.45. The molecule has 0 N–H and O–H groups in total. The Hall–Kier alpha value is -1.03. The van der Waals surface area contributed by atoms with Gasteiger partial charge in [-0.05, 0) is 25.3 Å². The lowest BCUT2D eigenvalue weighted by atomic mass is 9.91. The minimum atomic E-state index is 0.00551. The second kappa shape index (κ2) is 4.87. The molecule has 88 valence electrons. The standard InChI is InChI=1S/C11H16ClN3O/c1-14-7-5-10(13-14)11(16)15(8-6-12)9-3-2-4-9/h5,7,9H,2-4,6,8H2,1H3. The zero-order chi connectivity index (χ0) is 11.5. The molecular weight excluding hydrogens is 226 g/mol. The molecule has 5 heteroatoms. The average Bonchev–Trinajstić information content (AvgIpc) is 2.60. The van der Waals surface area contributed by atoms with Crippen molar-refractivity contribution < 1.29 is 4.79 Å². The monoisotopic (exact) mass is 241 g/mol. The zero-order valence-corrected chi connectivity index (χ0v) is 10.2. The molecule has 1 fully saturated rings. The first-order valence-corrected chi connectivity index (χ1v) is 6.12. The van der Waals surface area contributed by atoms with E-state index >= 15 is 0 Å². The number of halogens is 1. The summed E-state index contributed by atoms with van der Waals surface area (Å²) in [5, 5.41) is 4.14. The van der Waals surface area contributed by atoms with Crippen LogP contribution in [0.3, 0.4) is 0 Å². The van der Waals surface area contributed by atoms with Crippen LogP contribution in [0, 0.1) is 0 Å². The third-order valence-corrected chi connectivity index (χ3v) is 3.20. The Labute approximate surface area is 100 Å². The van der Waals surface area contributed by atoms with Crippen molar-refractivity contribution in [2.75, 3.05) is 12.4 Å². The molecule has 0 atom stereocenters. The highest BCUT2D eigenvalue weighted by Gasteiger charge is 2.29. The molecule has 0 unspecified atom stereocenters. The first-order chi connectivity index (χ1) is 7.72. The van der Waals surface area contributed by atoms with E-state index in [1.165, 1.54) is 6.42 Å². The predicted molar refractivity (Wildman–Crippen MR) is 62.6 cm³/mol. The largest absolute Gasteiger partial charge is 0.333 e. The fourth-order valence-corrected chi connectivity index (χ4v) is 2.10. The van der Waals surface area contributed by atoms with Gasteiger partial charge in [-0.25, -0.2) is 0 Å². The van der Waals surface area contributed by atoms with Gasteiger partial charge >= 0.3 is 0 Å². The van der Waals surface area contributed by atoms with Crippen LogP contribution in [-0.4, -0.2) is 39.1 Å². The number of rotatable bonds is 4. The van der Waals surface area contributed by atoms with E-state index < -0.39 is 0 Å². The summed E-state index contributed by atoms with van der Waals surface area (Å²) in [5.74, 6) is 0.487. The van der Waals surface area contributed by atoms with E-state index in [0.29, 0.717) is 24.2 Å². The summed E-state index contributed by atoms with van der Waals surface area (Å²) in [6.07, 6.45) is 5.18. The van der Waals surface area contributed by atoms with Crippen LogP contribution < -0.4 is 0 Å². The molecule has 0 aliphatic heterocycles. The molecule has 1 saturated carbocycles. The maximum Gasteiger partial charge on any atom is 0.274 e. The molecule has 0 spiro atoms. The molecule has 0 aromatic carbocycles. The molecule has 16 heavy (non-hydrogen) atoms. The highest BCUT2D eigenvalue weighted by Crippen LogP contribution is 2.25. The average molecular weight is 242 g/mol. The van der Waals surface area contributed by atoms with Crippen LogP contribution in [-0.2, 0) is 7.05 Å². The topological polar surface area (TPSA) is 38.1 Å². The first kappa shape index (κ1) is 11.5. The Morgan fingerprint density at radius 2 is 2.44 bits per heavy atom. The number of carbonyl (C=O) groups is 1. The summed E-state index contributed by atoms with van der Waals surface area (Å²) in [7, 11) is 1.81. The van der Waals surface area contributed by atoms with Crippen molar-refractivity contribution in [3.8, 4) is 0 Å². The Morgan fingerprint density at radius 3 is 2.88 bits per heavy atom. The van der Waals surface area contributed by atoms with E-state index in [2.05, 4.69) is 5.10 Å². The van der Waals surface area contributed by atoms with Crippen molar-refractivity contribution in [1.82, 2.24) is 14.7 Å². The van der Waals surface area contributed by atoms with E-state index in [1.54, 1.807) is 16.9 Å². The molecule has 1 aromatic rings. The summed E-state index contributed by atoms with van der Waals surface area (Å²) in [6.45, 7) is 0.613. The molecule has 1 heterocycles. The van der Waals surface area contributed by atoms with Crippen LogP contribution >= 0.6 is 11.6 Å². The van der Waals surface area contributed by atoms with Crippen LogP contribution in [0.1, 0.15) is 29.8 Å². The third kappa shape index (κ3) is 2.21. The number of carbonyl (C=O) groups excluding carboxylic acids is 1. The van der Waals surface area contributed by atoms with E-state index in [4.69, 9.17) is 11.6 Å². The van der Waals surface area contributed by atoms with Gasteiger partial charge in [0.25, 0.3) is 5.91 Å². The van der Waals surface area contributed by atoms with Crippen LogP contribution in [0.4, 0.5) is 0 Å². The van der Waals surface area contributed by atoms with Gasteiger partial charge in [0.2, 0.25) is 0 Å². The van der Waals surface area contributed by atoms with Gasteiger partial charge in [-0.2, -0.15) is 5.10 Å². The van der Waals surface area contributed by atoms with Crippen molar-refractivity contribution in [2.45, 2.75) is 25.3 Å². The molecule has 1 aliphatic carbocycles. The van der Waals surface area contributed by atoms with Crippen LogP contribution in [0.25, 0.3) is 0 Å². The smallest absolute Gasteiger partial charge is 0.274 e. The third-order valence-electron chi connectivity index (χ3n) is 3.03. The Bertz CT molecular complexity index is 373. The Balaban J connectivity index is 2.09.